The monoisotopic (exact) mass is 682 g/mol. The van der Waals surface area contributed by atoms with Gasteiger partial charge in [-0.2, -0.15) is 0 Å². The number of hydrogen-bond acceptors (Lipinski definition) is 8. The van der Waals surface area contributed by atoms with Crippen LogP contribution in [0.2, 0.25) is 0 Å². The second-order valence-electron chi connectivity index (χ2n) is 14.4. The lowest BCUT2D eigenvalue weighted by Gasteiger charge is -2.35. The summed E-state index contributed by atoms with van der Waals surface area (Å²) in [4.78, 5) is 61.5. The molecule has 0 unspecified atom stereocenters. The van der Waals surface area contributed by atoms with Crippen LogP contribution < -0.4 is 20.1 Å². The van der Waals surface area contributed by atoms with Crippen LogP contribution in [0, 0.1) is 11.3 Å². The van der Waals surface area contributed by atoms with Gasteiger partial charge in [-0.1, -0.05) is 63.3 Å². The number of esters is 1. The van der Waals surface area contributed by atoms with Gasteiger partial charge in [0, 0.05) is 41.8 Å². The van der Waals surface area contributed by atoms with Crippen LogP contribution in [-0.4, -0.2) is 77.6 Å². The molecule has 0 bridgehead atoms. The van der Waals surface area contributed by atoms with Crippen molar-refractivity contribution in [3.63, 3.8) is 0 Å². The highest BCUT2D eigenvalue weighted by Crippen LogP contribution is 2.46. The number of aromatic nitrogens is 1. The highest BCUT2D eigenvalue weighted by molar-refractivity contribution is 5.97. The number of allylic oxidation sites excluding steroid dienone is 1. The maximum Gasteiger partial charge on any atom is 0.332 e. The van der Waals surface area contributed by atoms with Gasteiger partial charge in [-0.3, -0.25) is 14.4 Å². The van der Waals surface area contributed by atoms with Crippen molar-refractivity contribution in [2.75, 3.05) is 20.3 Å². The Morgan fingerprint density at radius 1 is 1.08 bits per heavy atom. The molecule has 1 aliphatic carbocycles. The van der Waals surface area contributed by atoms with Crippen molar-refractivity contribution in [1.82, 2.24) is 20.5 Å². The average molecular weight is 683 g/mol. The Labute approximate surface area is 292 Å². The number of ether oxygens (including phenoxy) is 3. The summed E-state index contributed by atoms with van der Waals surface area (Å²) in [7, 11) is 1.60. The number of carbonyl (C=O) groups is 4. The molecule has 1 saturated heterocycles. The second kappa shape index (κ2) is 14.1. The molecule has 3 aromatic rings. The van der Waals surface area contributed by atoms with Gasteiger partial charge in [-0.15, -0.1) is 0 Å². The van der Waals surface area contributed by atoms with Gasteiger partial charge >= 0.3 is 5.97 Å². The minimum absolute atomic E-state index is 0.0930. The SMILES string of the molecule is CCOC(=O)[C@]12C[C@H]1C=CCCCC(=O)N[C@@H](C(C)(C)C)C(=O)N1C[C@H](Oc3cc(-c4ccccc4)nc4cc(OC)ccc34)C[C@H]1C(=O)N2. The first-order valence-electron chi connectivity index (χ1n) is 17.4. The van der Waals surface area contributed by atoms with E-state index in [-0.39, 0.29) is 43.7 Å². The minimum Gasteiger partial charge on any atom is -0.497 e. The topological polar surface area (TPSA) is 136 Å². The van der Waals surface area contributed by atoms with E-state index in [1.54, 1.807) is 14.0 Å². The van der Waals surface area contributed by atoms with Crippen molar-refractivity contribution in [3.05, 3.63) is 66.7 Å². The number of carbonyl (C=O) groups excluding carboxylic acids is 4. The molecule has 6 rings (SSSR count). The van der Waals surface area contributed by atoms with Crippen LogP contribution in [0.3, 0.4) is 0 Å². The van der Waals surface area contributed by atoms with Gasteiger partial charge in [0.2, 0.25) is 17.7 Å². The van der Waals surface area contributed by atoms with E-state index in [2.05, 4.69) is 10.6 Å². The molecule has 0 spiro atoms. The summed E-state index contributed by atoms with van der Waals surface area (Å²) < 4.78 is 17.6. The Kier molecular flexibility index (Phi) is 9.87. The van der Waals surface area contributed by atoms with Crippen LogP contribution in [0.15, 0.2) is 66.7 Å². The van der Waals surface area contributed by atoms with Crippen LogP contribution in [0.4, 0.5) is 0 Å². The lowest BCUT2D eigenvalue weighted by Crippen LogP contribution is -2.59. The molecule has 3 heterocycles. The molecule has 2 aliphatic heterocycles. The Morgan fingerprint density at radius 3 is 2.58 bits per heavy atom. The number of fused-ring (bicyclic) bond motifs is 3. The number of pyridine rings is 1. The molecule has 50 heavy (non-hydrogen) atoms. The number of rotatable bonds is 6. The van der Waals surface area contributed by atoms with Crippen LogP contribution in [0.25, 0.3) is 22.2 Å². The first-order chi connectivity index (χ1) is 23.9. The van der Waals surface area contributed by atoms with Crippen LogP contribution in [-0.2, 0) is 23.9 Å². The van der Waals surface area contributed by atoms with Crippen molar-refractivity contribution in [2.24, 2.45) is 11.3 Å². The number of hydrogen-bond donors (Lipinski definition) is 2. The summed E-state index contributed by atoms with van der Waals surface area (Å²) in [5, 5.41) is 6.73. The maximum absolute atomic E-state index is 14.5. The van der Waals surface area contributed by atoms with Crippen molar-refractivity contribution in [2.45, 2.75) is 83.5 Å². The molecule has 1 aromatic heterocycles. The zero-order valence-corrected chi connectivity index (χ0v) is 29.4. The summed E-state index contributed by atoms with van der Waals surface area (Å²) in [6, 6.07) is 15.3. The third kappa shape index (κ3) is 7.18. The summed E-state index contributed by atoms with van der Waals surface area (Å²) in [5.74, 6) is -0.613. The van der Waals surface area contributed by atoms with E-state index in [9.17, 15) is 19.2 Å². The predicted octanol–water partition coefficient (Wildman–Crippen LogP) is 4.97. The number of methoxy groups -OCH3 is 1. The molecule has 3 aliphatic rings. The summed E-state index contributed by atoms with van der Waals surface area (Å²) in [5.41, 5.74) is 0.403. The normalized spacial score (nSPS) is 25.8. The van der Waals surface area contributed by atoms with Gasteiger partial charge in [-0.25, -0.2) is 9.78 Å². The Morgan fingerprint density at radius 2 is 1.86 bits per heavy atom. The molecule has 11 heteroatoms. The summed E-state index contributed by atoms with van der Waals surface area (Å²) >= 11 is 0. The zero-order valence-electron chi connectivity index (χ0n) is 29.4. The average Bonchev–Trinajstić information content (AvgIpc) is 3.62. The van der Waals surface area contributed by atoms with Gasteiger partial charge in [0.05, 0.1) is 31.5 Å². The fourth-order valence-electron chi connectivity index (χ4n) is 6.91. The lowest BCUT2D eigenvalue weighted by molar-refractivity contribution is -0.150. The molecule has 2 N–H and O–H groups in total. The molecule has 2 fully saturated rings. The number of benzene rings is 2. The lowest BCUT2D eigenvalue weighted by atomic mass is 9.85. The van der Waals surface area contributed by atoms with E-state index in [4.69, 9.17) is 19.2 Å². The molecule has 1 saturated carbocycles. The van der Waals surface area contributed by atoms with Crippen LogP contribution >= 0.6 is 0 Å². The largest absolute Gasteiger partial charge is 0.497 e. The Hall–Kier alpha value is -4.93. The van der Waals surface area contributed by atoms with Crippen molar-refractivity contribution in [1.29, 1.82) is 0 Å². The van der Waals surface area contributed by atoms with Crippen molar-refractivity contribution in [3.8, 4) is 22.8 Å². The zero-order chi connectivity index (χ0) is 35.6. The molecular formula is C39H46N4O7. The van der Waals surface area contributed by atoms with E-state index in [0.29, 0.717) is 42.0 Å². The van der Waals surface area contributed by atoms with Gasteiger partial charge in [0.1, 0.15) is 35.2 Å². The van der Waals surface area contributed by atoms with Crippen LogP contribution in [0.1, 0.15) is 59.8 Å². The molecule has 3 amide bonds. The number of nitrogens with zero attached hydrogens (tertiary/aromatic N) is 2. The van der Waals surface area contributed by atoms with E-state index >= 15 is 0 Å². The molecule has 5 atom stereocenters. The fraction of sp³-hybridized carbons (Fsp3) is 0.462. The third-order valence-corrected chi connectivity index (χ3v) is 9.75. The number of nitrogens with one attached hydrogen (secondary N) is 2. The first kappa shape index (κ1) is 34.9. The smallest absolute Gasteiger partial charge is 0.332 e. The molecular weight excluding hydrogens is 636 g/mol. The van der Waals surface area contributed by atoms with Crippen molar-refractivity contribution < 1.29 is 33.4 Å². The summed E-state index contributed by atoms with van der Waals surface area (Å²) in [6.45, 7) is 7.66. The second-order valence-corrected chi connectivity index (χ2v) is 14.4. The van der Waals surface area contributed by atoms with Gasteiger partial charge < -0.3 is 29.7 Å². The van der Waals surface area contributed by atoms with Gasteiger partial charge in [0.25, 0.3) is 0 Å². The molecule has 264 valence electrons. The van der Waals surface area contributed by atoms with E-state index in [1.165, 1.54) is 4.90 Å². The quantitative estimate of drug-likeness (QED) is 0.275. The molecule has 0 radical (unpaired) electrons. The molecule has 2 aromatic carbocycles. The van der Waals surface area contributed by atoms with Gasteiger partial charge in [-0.05, 0) is 43.7 Å². The first-order valence-corrected chi connectivity index (χ1v) is 17.4. The van der Waals surface area contributed by atoms with Gasteiger partial charge in [0.15, 0.2) is 0 Å². The third-order valence-electron chi connectivity index (χ3n) is 9.75. The summed E-state index contributed by atoms with van der Waals surface area (Å²) in [6.07, 6.45) is 5.30. The Balaban J connectivity index is 1.37. The predicted molar refractivity (Wildman–Crippen MR) is 188 cm³/mol. The van der Waals surface area contributed by atoms with E-state index in [0.717, 1.165) is 10.9 Å². The maximum atomic E-state index is 14.5. The highest BCUT2D eigenvalue weighted by Gasteiger charge is 2.62. The molecule has 11 nitrogen and oxygen atoms in total. The number of amides is 3. The van der Waals surface area contributed by atoms with E-state index < -0.39 is 41.0 Å². The van der Waals surface area contributed by atoms with Crippen LogP contribution in [0.5, 0.6) is 11.5 Å². The Bertz CT molecular complexity index is 1800. The highest BCUT2D eigenvalue weighted by atomic mass is 16.5. The fourth-order valence-corrected chi connectivity index (χ4v) is 6.91. The van der Waals surface area contributed by atoms with E-state index in [1.807, 2.05) is 87.5 Å². The minimum atomic E-state index is -1.21. The standard InChI is InChI=1S/C39H46N4O7/c1-6-49-37(47)39-22-25(39)15-11-8-12-16-33(44)41-34(38(2,3)4)36(46)43-23-27(20-31(43)35(45)42-39)50-32-21-29(24-13-9-7-10-14-24)40-30-19-26(48-5)17-18-28(30)32/h7,9-11,13-15,17-19,21,25,27,31,34H,6,8,12,16,20,22-23H2,1-5H3,(H,41,44)(H,42,45)/t25-,27-,31+,34-,39+/m1/s1. The van der Waals surface area contributed by atoms with Crippen molar-refractivity contribution >= 4 is 34.6 Å².